The topological polar surface area (TPSA) is 60.2 Å². The van der Waals surface area contributed by atoms with Gasteiger partial charge in [-0.3, -0.25) is 0 Å². The van der Waals surface area contributed by atoms with Crippen LogP contribution in [0.4, 0.5) is 11.7 Å². The quantitative estimate of drug-likeness (QED) is 0.862. The first kappa shape index (κ1) is 14.0. The lowest BCUT2D eigenvalue weighted by molar-refractivity contribution is 0.416. The molecule has 1 heterocycles. The molecule has 1 aromatic heterocycles. The Morgan fingerprint density at radius 3 is 2.68 bits per heavy atom. The first-order valence-corrected chi connectivity index (χ1v) is 6.41. The number of nitrogens with zero attached hydrogens (tertiary/aromatic N) is 2. The Morgan fingerprint density at radius 1 is 1.37 bits per heavy atom. The van der Waals surface area contributed by atoms with Crippen molar-refractivity contribution < 1.29 is 9.15 Å². The van der Waals surface area contributed by atoms with Gasteiger partial charge in [-0.05, 0) is 25.5 Å². The van der Waals surface area contributed by atoms with Crippen molar-refractivity contribution in [3.8, 4) is 5.75 Å². The van der Waals surface area contributed by atoms with Gasteiger partial charge in [0.25, 0.3) is 0 Å². The molecule has 0 aliphatic rings. The summed E-state index contributed by atoms with van der Waals surface area (Å²) in [6.07, 6.45) is 0. The van der Waals surface area contributed by atoms with E-state index in [1.807, 2.05) is 13.0 Å². The van der Waals surface area contributed by atoms with Crippen LogP contribution in [0, 0.1) is 6.92 Å². The van der Waals surface area contributed by atoms with E-state index in [4.69, 9.17) is 32.4 Å². The van der Waals surface area contributed by atoms with Gasteiger partial charge in [-0.15, -0.1) is 16.7 Å². The van der Waals surface area contributed by atoms with Gasteiger partial charge in [0, 0.05) is 11.1 Å². The molecule has 1 N–H and O–H groups in total. The zero-order valence-electron chi connectivity index (χ0n) is 10.7. The molecule has 0 radical (unpaired) electrons. The maximum absolute atomic E-state index is 6.04. The van der Waals surface area contributed by atoms with Crippen molar-refractivity contribution in [1.82, 2.24) is 10.2 Å². The lowest BCUT2D eigenvalue weighted by atomic mass is 10.2. The average Bonchev–Trinajstić information content (AvgIpc) is 2.82. The smallest absolute Gasteiger partial charge is 0.320 e. The summed E-state index contributed by atoms with van der Waals surface area (Å²) in [6.45, 7) is 3.65. The van der Waals surface area contributed by atoms with Crippen LogP contribution in [0.5, 0.6) is 5.75 Å². The Bertz CT molecular complexity index is 584. The number of aryl methyl sites for hydroxylation is 1. The highest BCUT2D eigenvalue weighted by Crippen LogP contribution is 2.33. The Kier molecular flexibility index (Phi) is 4.17. The maximum Gasteiger partial charge on any atom is 0.320 e. The second kappa shape index (κ2) is 5.67. The lowest BCUT2D eigenvalue weighted by Gasteiger charge is -2.10. The van der Waals surface area contributed by atoms with Crippen LogP contribution in [0.2, 0.25) is 5.02 Å². The van der Waals surface area contributed by atoms with Crippen molar-refractivity contribution in [3.05, 3.63) is 28.6 Å². The fraction of sp³-hybridized carbons (Fsp3) is 0.333. The van der Waals surface area contributed by atoms with Crippen molar-refractivity contribution in [2.24, 2.45) is 0 Å². The Morgan fingerprint density at radius 2 is 2.11 bits per heavy atom. The summed E-state index contributed by atoms with van der Waals surface area (Å²) in [7, 11) is 1.56. The molecule has 1 aromatic carbocycles. The van der Waals surface area contributed by atoms with E-state index in [1.54, 1.807) is 20.1 Å². The van der Waals surface area contributed by atoms with Gasteiger partial charge < -0.3 is 14.5 Å². The Labute approximate surface area is 120 Å². The average molecular weight is 302 g/mol. The highest BCUT2D eigenvalue weighted by Gasteiger charge is 2.13. The van der Waals surface area contributed by atoms with E-state index < -0.39 is 0 Å². The molecule has 7 heteroatoms. The molecule has 2 rings (SSSR count). The van der Waals surface area contributed by atoms with Gasteiger partial charge in [0.1, 0.15) is 11.1 Å². The number of hydrogen-bond acceptors (Lipinski definition) is 5. The first-order chi connectivity index (χ1) is 9.01. The molecule has 0 amide bonds. The van der Waals surface area contributed by atoms with Crippen molar-refractivity contribution in [3.63, 3.8) is 0 Å². The minimum atomic E-state index is -0.336. The maximum atomic E-state index is 6.04. The molecule has 2 aromatic rings. The molecule has 0 aliphatic carbocycles. The Balaban J connectivity index is 2.29. The second-order valence-electron chi connectivity index (χ2n) is 3.99. The molecule has 0 fully saturated rings. The molecule has 0 bridgehead atoms. The zero-order valence-corrected chi connectivity index (χ0v) is 12.2. The van der Waals surface area contributed by atoms with E-state index in [0.29, 0.717) is 22.4 Å². The summed E-state index contributed by atoms with van der Waals surface area (Å²) in [5, 5.41) is 11.0. The molecule has 0 spiro atoms. The molecule has 102 valence electrons. The molecule has 0 aliphatic heterocycles. The van der Waals surface area contributed by atoms with E-state index in [2.05, 4.69) is 15.5 Å². The van der Waals surface area contributed by atoms with Gasteiger partial charge in [-0.25, -0.2) is 0 Å². The molecular weight excluding hydrogens is 289 g/mol. The number of halogens is 2. The van der Waals surface area contributed by atoms with Gasteiger partial charge in [0.2, 0.25) is 5.89 Å². The predicted molar refractivity (Wildman–Crippen MR) is 74.6 cm³/mol. The summed E-state index contributed by atoms with van der Waals surface area (Å²) in [4.78, 5) is 0. The lowest BCUT2D eigenvalue weighted by Crippen LogP contribution is -1.96. The number of methoxy groups -OCH3 is 1. The summed E-state index contributed by atoms with van der Waals surface area (Å²) in [5.41, 5.74) is 1.61. The highest BCUT2D eigenvalue weighted by atomic mass is 35.5. The third-order valence-corrected chi connectivity index (χ3v) is 3.10. The molecule has 1 atom stereocenters. The van der Waals surface area contributed by atoms with Crippen molar-refractivity contribution in [2.75, 3.05) is 12.4 Å². The number of ether oxygens (including phenoxy) is 1. The predicted octanol–water partition coefficient (Wildman–Crippen LogP) is 4.08. The van der Waals surface area contributed by atoms with Gasteiger partial charge in [0.05, 0.1) is 12.8 Å². The van der Waals surface area contributed by atoms with Crippen LogP contribution in [0.1, 0.15) is 23.8 Å². The van der Waals surface area contributed by atoms with E-state index in [0.717, 1.165) is 5.56 Å². The van der Waals surface area contributed by atoms with Crippen molar-refractivity contribution in [2.45, 2.75) is 19.2 Å². The molecule has 19 heavy (non-hydrogen) atoms. The largest absolute Gasteiger partial charge is 0.495 e. The summed E-state index contributed by atoms with van der Waals surface area (Å²) in [5.74, 6) is 0.947. The summed E-state index contributed by atoms with van der Waals surface area (Å²) in [6, 6.07) is 3.82. The van der Waals surface area contributed by atoms with Crippen LogP contribution in [-0.4, -0.2) is 17.3 Å². The highest BCUT2D eigenvalue weighted by molar-refractivity contribution is 6.31. The van der Waals surface area contributed by atoms with Gasteiger partial charge in [-0.1, -0.05) is 16.7 Å². The van der Waals surface area contributed by atoms with Gasteiger partial charge in [0.15, 0.2) is 0 Å². The summed E-state index contributed by atoms with van der Waals surface area (Å²) >= 11 is 11.9. The molecule has 0 saturated carbocycles. The number of aromatic nitrogens is 2. The molecule has 1 unspecified atom stereocenters. The monoisotopic (exact) mass is 301 g/mol. The summed E-state index contributed by atoms with van der Waals surface area (Å²) < 4.78 is 10.6. The van der Waals surface area contributed by atoms with E-state index in [-0.39, 0.29) is 11.4 Å². The number of alkyl halides is 1. The van der Waals surface area contributed by atoms with Crippen LogP contribution < -0.4 is 10.1 Å². The normalized spacial score (nSPS) is 12.3. The van der Waals surface area contributed by atoms with Crippen LogP contribution in [-0.2, 0) is 0 Å². The number of nitrogens with one attached hydrogen (secondary N) is 1. The molecular formula is C12H13Cl2N3O2. The van der Waals surface area contributed by atoms with E-state index >= 15 is 0 Å². The number of hydrogen-bond donors (Lipinski definition) is 1. The number of rotatable bonds is 4. The number of anilines is 2. The fourth-order valence-corrected chi connectivity index (χ4v) is 1.73. The minimum Gasteiger partial charge on any atom is -0.495 e. The van der Waals surface area contributed by atoms with E-state index in [1.165, 1.54) is 0 Å². The minimum absolute atomic E-state index is 0.252. The van der Waals surface area contributed by atoms with Gasteiger partial charge in [-0.2, -0.15) is 0 Å². The zero-order chi connectivity index (χ0) is 14.0. The first-order valence-electron chi connectivity index (χ1n) is 5.60. The van der Waals surface area contributed by atoms with Crippen LogP contribution >= 0.6 is 23.2 Å². The fourth-order valence-electron chi connectivity index (χ4n) is 1.49. The van der Waals surface area contributed by atoms with Crippen LogP contribution in [0.25, 0.3) is 0 Å². The standard InChI is InChI=1S/C12H13Cl2N3O2/c1-6-4-9(10(18-3)5-8(6)14)15-12-17-16-11(19-12)7(2)13/h4-5,7H,1-3H3,(H,15,17). The van der Waals surface area contributed by atoms with Crippen LogP contribution in [0.15, 0.2) is 16.5 Å². The van der Waals surface area contributed by atoms with Crippen LogP contribution in [0.3, 0.4) is 0 Å². The number of benzene rings is 1. The van der Waals surface area contributed by atoms with Gasteiger partial charge >= 0.3 is 6.01 Å². The third kappa shape index (κ3) is 3.11. The van der Waals surface area contributed by atoms with E-state index in [9.17, 15) is 0 Å². The third-order valence-electron chi connectivity index (χ3n) is 2.50. The Hall–Kier alpha value is -1.46. The molecule has 5 nitrogen and oxygen atoms in total. The molecule has 0 saturated heterocycles. The second-order valence-corrected chi connectivity index (χ2v) is 5.05. The SMILES string of the molecule is COc1cc(Cl)c(C)cc1Nc1nnc(C(C)Cl)o1. The van der Waals surface area contributed by atoms with Crippen molar-refractivity contribution in [1.29, 1.82) is 0 Å². The van der Waals surface area contributed by atoms with Crippen molar-refractivity contribution >= 4 is 34.9 Å².